The molecule has 2 rings (SSSR count). The maximum atomic E-state index is 11.9. The van der Waals surface area contributed by atoms with Gasteiger partial charge in [-0.25, -0.2) is 4.79 Å². The molecular weight excluding hydrogens is 248 g/mol. The molecule has 0 saturated carbocycles. The normalized spacial score (nSPS) is 15.7. The van der Waals surface area contributed by atoms with Crippen LogP contribution in [0.5, 0.6) is 0 Å². The van der Waals surface area contributed by atoms with Crippen LogP contribution in [-0.4, -0.2) is 49.9 Å². The van der Waals surface area contributed by atoms with E-state index in [1.807, 2.05) is 0 Å². The minimum absolute atomic E-state index is 0.346. The first-order chi connectivity index (χ1) is 9.04. The van der Waals surface area contributed by atoms with Crippen molar-refractivity contribution in [2.75, 3.05) is 32.1 Å². The van der Waals surface area contributed by atoms with Crippen molar-refractivity contribution in [1.29, 1.82) is 0 Å². The number of amides is 2. The van der Waals surface area contributed by atoms with Crippen LogP contribution in [0.1, 0.15) is 10.4 Å². The summed E-state index contributed by atoms with van der Waals surface area (Å²) < 4.78 is 4.63. The molecule has 0 aliphatic carbocycles. The quantitative estimate of drug-likeness (QED) is 0.567. The lowest BCUT2D eigenvalue weighted by molar-refractivity contribution is -0.145. The van der Waals surface area contributed by atoms with Crippen molar-refractivity contribution in [2.24, 2.45) is 0 Å². The fourth-order valence-electron chi connectivity index (χ4n) is 1.90. The molecular formula is C13H14N2O4. The van der Waals surface area contributed by atoms with Crippen LogP contribution in [0, 0.1) is 0 Å². The van der Waals surface area contributed by atoms with E-state index in [4.69, 9.17) is 0 Å². The zero-order valence-electron chi connectivity index (χ0n) is 10.8. The van der Waals surface area contributed by atoms with Crippen molar-refractivity contribution in [3.63, 3.8) is 0 Å². The Hall–Kier alpha value is -2.37. The molecule has 1 aliphatic heterocycles. The largest absolute Gasteiger partial charge is 0.465 e. The number of carbonyl (C=O) groups is 3. The number of carbonyl (C=O) groups excluding carboxylic acids is 3. The molecule has 6 heteroatoms. The average Bonchev–Trinajstić information content (AvgIpc) is 2.44. The molecule has 0 N–H and O–H groups in total. The molecule has 6 nitrogen and oxygen atoms in total. The van der Waals surface area contributed by atoms with Crippen molar-refractivity contribution in [3.05, 3.63) is 29.8 Å². The van der Waals surface area contributed by atoms with Crippen molar-refractivity contribution < 1.29 is 19.1 Å². The molecule has 1 saturated heterocycles. The number of methoxy groups -OCH3 is 1. The predicted molar refractivity (Wildman–Crippen MR) is 67.8 cm³/mol. The van der Waals surface area contributed by atoms with Crippen molar-refractivity contribution in [1.82, 2.24) is 4.90 Å². The number of hydrogen-bond donors (Lipinski definition) is 0. The van der Waals surface area contributed by atoms with Crippen LogP contribution < -0.4 is 4.90 Å². The maximum Gasteiger partial charge on any atom is 0.337 e. The maximum absolute atomic E-state index is 11.9. The minimum Gasteiger partial charge on any atom is -0.465 e. The molecule has 2 amide bonds. The molecule has 1 heterocycles. The zero-order chi connectivity index (χ0) is 14.0. The molecule has 1 aromatic rings. The van der Waals surface area contributed by atoms with E-state index in [-0.39, 0.29) is 0 Å². The molecule has 19 heavy (non-hydrogen) atoms. The lowest BCUT2D eigenvalue weighted by Crippen LogP contribution is -2.53. The first-order valence-electron chi connectivity index (χ1n) is 5.80. The Bertz CT molecular complexity index is 541. The number of rotatable bonds is 2. The zero-order valence-corrected chi connectivity index (χ0v) is 10.8. The summed E-state index contributed by atoms with van der Waals surface area (Å²) in [7, 11) is 2.88. The van der Waals surface area contributed by atoms with Crippen LogP contribution in [0.2, 0.25) is 0 Å². The molecule has 100 valence electrons. The van der Waals surface area contributed by atoms with E-state index < -0.39 is 17.8 Å². The summed E-state index contributed by atoms with van der Waals surface area (Å²) in [6.07, 6.45) is 0. The lowest BCUT2D eigenvalue weighted by atomic mass is 10.1. The van der Waals surface area contributed by atoms with Crippen LogP contribution in [-0.2, 0) is 14.3 Å². The molecule has 1 fully saturated rings. The van der Waals surface area contributed by atoms with E-state index in [1.54, 1.807) is 31.3 Å². The summed E-state index contributed by atoms with van der Waals surface area (Å²) in [6, 6.07) is 6.47. The first kappa shape index (κ1) is 13.1. The van der Waals surface area contributed by atoms with Gasteiger partial charge in [-0.3, -0.25) is 9.59 Å². The van der Waals surface area contributed by atoms with Gasteiger partial charge in [0.15, 0.2) is 0 Å². The van der Waals surface area contributed by atoms with E-state index in [0.717, 1.165) is 0 Å². The van der Waals surface area contributed by atoms with Gasteiger partial charge in [-0.05, 0) is 18.2 Å². The third-order valence-electron chi connectivity index (χ3n) is 3.01. The van der Waals surface area contributed by atoms with Crippen molar-refractivity contribution in [2.45, 2.75) is 0 Å². The molecule has 0 aromatic heterocycles. The van der Waals surface area contributed by atoms with Crippen molar-refractivity contribution in [3.8, 4) is 0 Å². The summed E-state index contributed by atoms with van der Waals surface area (Å²) in [6.45, 7) is 0.874. The molecule has 0 spiro atoms. The highest BCUT2D eigenvalue weighted by Gasteiger charge is 2.31. The monoisotopic (exact) mass is 262 g/mol. The van der Waals surface area contributed by atoms with Gasteiger partial charge in [0.05, 0.1) is 12.7 Å². The molecule has 0 bridgehead atoms. The van der Waals surface area contributed by atoms with Gasteiger partial charge in [0.1, 0.15) is 0 Å². The number of likely N-dealkylation sites (N-methyl/N-ethyl adjacent to an activating group) is 1. The van der Waals surface area contributed by atoms with E-state index >= 15 is 0 Å². The Morgan fingerprint density at radius 2 is 1.95 bits per heavy atom. The first-order valence-corrected chi connectivity index (χ1v) is 5.80. The van der Waals surface area contributed by atoms with Gasteiger partial charge in [0.25, 0.3) is 0 Å². The summed E-state index contributed by atoms with van der Waals surface area (Å²) in [5.74, 6) is -1.61. The summed E-state index contributed by atoms with van der Waals surface area (Å²) >= 11 is 0. The number of benzene rings is 1. The van der Waals surface area contributed by atoms with E-state index in [0.29, 0.717) is 24.3 Å². The smallest absolute Gasteiger partial charge is 0.337 e. The second kappa shape index (κ2) is 5.09. The molecule has 0 unspecified atom stereocenters. The van der Waals surface area contributed by atoms with E-state index in [9.17, 15) is 14.4 Å². The Kier molecular flexibility index (Phi) is 3.50. The summed E-state index contributed by atoms with van der Waals surface area (Å²) in [5, 5.41) is 0. The highest BCUT2D eigenvalue weighted by atomic mass is 16.5. The van der Waals surface area contributed by atoms with Crippen LogP contribution >= 0.6 is 0 Å². The fourth-order valence-corrected chi connectivity index (χ4v) is 1.90. The number of hydrogen-bond acceptors (Lipinski definition) is 4. The highest BCUT2D eigenvalue weighted by Crippen LogP contribution is 2.19. The van der Waals surface area contributed by atoms with Gasteiger partial charge in [-0.1, -0.05) is 6.07 Å². The molecule has 0 atom stereocenters. The van der Waals surface area contributed by atoms with Gasteiger partial charge in [0, 0.05) is 25.8 Å². The molecule has 1 aromatic carbocycles. The van der Waals surface area contributed by atoms with E-state index in [1.165, 1.54) is 16.9 Å². The topological polar surface area (TPSA) is 66.9 Å². The standard InChI is InChI=1S/C13H14N2O4/c1-14-6-7-15(12(17)11(14)16)10-5-3-4-9(8-10)13(18)19-2/h3-5,8H,6-7H2,1-2H3. The van der Waals surface area contributed by atoms with Gasteiger partial charge in [0.2, 0.25) is 0 Å². The summed E-state index contributed by atoms with van der Waals surface area (Å²) in [4.78, 5) is 37.7. The Labute approximate surface area is 110 Å². The van der Waals surface area contributed by atoms with Crippen LogP contribution in [0.15, 0.2) is 24.3 Å². The summed E-state index contributed by atoms with van der Waals surface area (Å²) in [5.41, 5.74) is 0.869. The lowest BCUT2D eigenvalue weighted by Gasteiger charge is -2.31. The fraction of sp³-hybridized carbons (Fsp3) is 0.308. The minimum atomic E-state index is -0.587. The van der Waals surface area contributed by atoms with E-state index in [2.05, 4.69) is 4.74 Å². The van der Waals surface area contributed by atoms with Gasteiger partial charge in [-0.2, -0.15) is 0 Å². The Balaban J connectivity index is 2.29. The Morgan fingerprint density at radius 1 is 1.21 bits per heavy atom. The van der Waals surface area contributed by atoms with Crippen LogP contribution in [0.3, 0.4) is 0 Å². The van der Waals surface area contributed by atoms with Crippen molar-refractivity contribution >= 4 is 23.5 Å². The molecule has 1 aliphatic rings. The predicted octanol–water partition coefficient (Wildman–Crippen LogP) is 0.278. The average molecular weight is 262 g/mol. The third-order valence-corrected chi connectivity index (χ3v) is 3.01. The van der Waals surface area contributed by atoms with Gasteiger partial charge >= 0.3 is 17.8 Å². The van der Waals surface area contributed by atoms with Crippen LogP contribution in [0.25, 0.3) is 0 Å². The Morgan fingerprint density at radius 3 is 2.63 bits per heavy atom. The second-order valence-electron chi connectivity index (χ2n) is 4.23. The SMILES string of the molecule is COC(=O)c1cccc(N2CCN(C)C(=O)C2=O)c1. The third kappa shape index (κ3) is 2.42. The number of anilines is 1. The second-order valence-corrected chi connectivity index (χ2v) is 4.23. The van der Waals surface area contributed by atoms with Gasteiger partial charge < -0.3 is 14.5 Å². The highest BCUT2D eigenvalue weighted by molar-refractivity contribution is 6.40. The number of piperazine rings is 1. The number of esters is 1. The van der Waals surface area contributed by atoms with Gasteiger partial charge in [-0.15, -0.1) is 0 Å². The molecule has 0 radical (unpaired) electrons. The van der Waals surface area contributed by atoms with Crippen LogP contribution in [0.4, 0.5) is 5.69 Å². The number of nitrogens with zero attached hydrogens (tertiary/aromatic N) is 2. The number of ether oxygens (including phenoxy) is 1.